The third-order valence-corrected chi connectivity index (χ3v) is 4.40. The largest absolute Gasteiger partial charge is 0.350 e. The standard InChI is InChI=1S/C16H14ClN3OS/c17-12-4-6-13(7-5-12)22-11-9-19-16(21)14-2-1-3-15-18-8-10-20(14)15/h1-8,10H,9,11H2,(H,19,21). The number of rotatable bonds is 5. The Hall–Kier alpha value is -1.98. The van der Waals surface area contributed by atoms with E-state index in [0.717, 1.165) is 21.3 Å². The van der Waals surface area contributed by atoms with Gasteiger partial charge in [0.2, 0.25) is 0 Å². The Morgan fingerprint density at radius 2 is 2.05 bits per heavy atom. The lowest BCUT2D eigenvalue weighted by atomic mass is 10.3. The first-order valence-corrected chi connectivity index (χ1v) is 8.19. The third kappa shape index (κ3) is 3.43. The second-order valence-corrected chi connectivity index (χ2v) is 6.23. The Morgan fingerprint density at radius 1 is 1.23 bits per heavy atom. The number of pyridine rings is 1. The monoisotopic (exact) mass is 331 g/mol. The van der Waals surface area contributed by atoms with Crippen molar-refractivity contribution < 1.29 is 4.79 Å². The van der Waals surface area contributed by atoms with Gasteiger partial charge < -0.3 is 5.32 Å². The van der Waals surface area contributed by atoms with Gasteiger partial charge in [0.1, 0.15) is 11.3 Å². The number of fused-ring (bicyclic) bond motifs is 1. The summed E-state index contributed by atoms with van der Waals surface area (Å²) < 4.78 is 1.78. The lowest BCUT2D eigenvalue weighted by Gasteiger charge is -2.07. The van der Waals surface area contributed by atoms with Crippen LogP contribution in [0.15, 0.2) is 59.8 Å². The summed E-state index contributed by atoms with van der Waals surface area (Å²) in [5.41, 5.74) is 1.36. The molecule has 6 heteroatoms. The van der Waals surface area contributed by atoms with E-state index in [1.807, 2.05) is 36.4 Å². The first-order valence-electron chi connectivity index (χ1n) is 6.83. The second-order valence-electron chi connectivity index (χ2n) is 4.62. The maximum Gasteiger partial charge on any atom is 0.268 e. The highest BCUT2D eigenvalue weighted by Gasteiger charge is 2.09. The summed E-state index contributed by atoms with van der Waals surface area (Å²) in [6.07, 6.45) is 3.47. The molecule has 0 saturated heterocycles. The molecule has 3 aromatic rings. The van der Waals surface area contributed by atoms with Gasteiger partial charge in [-0.25, -0.2) is 4.98 Å². The van der Waals surface area contributed by atoms with Crippen LogP contribution >= 0.6 is 23.4 Å². The van der Waals surface area contributed by atoms with Crippen LogP contribution in [0.2, 0.25) is 5.02 Å². The number of carbonyl (C=O) groups excluding carboxylic acids is 1. The summed E-state index contributed by atoms with van der Waals surface area (Å²) in [6.45, 7) is 0.594. The van der Waals surface area contributed by atoms with Gasteiger partial charge in [-0.2, -0.15) is 0 Å². The minimum Gasteiger partial charge on any atom is -0.350 e. The van der Waals surface area contributed by atoms with Crippen molar-refractivity contribution in [2.45, 2.75) is 4.90 Å². The molecule has 0 aliphatic heterocycles. The molecule has 2 aromatic heterocycles. The number of hydrogen-bond donors (Lipinski definition) is 1. The number of nitrogens with zero attached hydrogens (tertiary/aromatic N) is 2. The van der Waals surface area contributed by atoms with Gasteiger partial charge in [-0.3, -0.25) is 9.20 Å². The molecule has 1 N–H and O–H groups in total. The predicted molar refractivity (Wildman–Crippen MR) is 89.7 cm³/mol. The maximum atomic E-state index is 12.2. The van der Waals surface area contributed by atoms with E-state index < -0.39 is 0 Å². The summed E-state index contributed by atoms with van der Waals surface area (Å²) in [7, 11) is 0. The minimum absolute atomic E-state index is 0.0969. The van der Waals surface area contributed by atoms with E-state index in [9.17, 15) is 4.79 Å². The summed E-state index contributed by atoms with van der Waals surface area (Å²) in [4.78, 5) is 17.5. The molecule has 0 saturated carbocycles. The Kier molecular flexibility index (Phi) is 4.65. The molecule has 0 aliphatic rings. The normalized spacial score (nSPS) is 10.8. The fourth-order valence-corrected chi connectivity index (χ4v) is 2.98. The molecule has 0 fully saturated rings. The molecule has 0 aliphatic carbocycles. The Labute approximate surface area is 137 Å². The van der Waals surface area contributed by atoms with Gasteiger partial charge in [0.25, 0.3) is 5.91 Å². The SMILES string of the molecule is O=C(NCCSc1ccc(Cl)cc1)c1cccc2nccn12. The maximum absolute atomic E-state index is 12.2. The molecule has 0 radical (unpaired) electrons. The molecular formula is C16H14ClN3OS. The lowest BCUT2D eigenvalue weighted by Crippen LogP contribution is -2.27. The Balaban J connectivity index is 1.54. The van der Waals surface area contributed by atoms with Crippen molar-refractivity contribution in [3.63, 3.8) is 0 Å². The number of hydrogen-bond acceptors (Lipinski definition) is 3. The van der Waals surface area contributed by atoms with E-state index in [4.69, 9.17) is 11.6 Å². The number of nitrogens with one attached hydrogen (secondary N) is 1. The number of imidazole rings is 1. The first kappa shape index (κ1) is 14.9. The third-order valence-electron chi connectivity index (χ3n) is 3.13. The zero-order chi connectivity index (χ0) is 15.4. The van der Waals surface area contributed by atoms with Crippen molar-refractivity contribution >= 4 is 34.9 Å². The zero-order valence-corrected chi connectivity index (χ0v) is 13.3. The van der Waals surface area contributed by atoms with Crippen molar-refractivity contribution in [1.29, 1.82) is 0 Å². The molecule has 0 bridgehead atoms. The molecule has 22 heavy (non-hydrogen) atoms. The molecule has 0 atom stereocenters. The summed E-state index contributed by atoms with van der Waals surface area (Å²) in [6, 6.07) is 13.2. The number of carbonyl (C=O) groups is 1. The Morgan fingerprint density at radius 3 is 2.86 bits per heavy atom. The van der Waals surface area contributed by atoms with Crippen LogP contribution in [0.25, 0.3) is 5.65 Å². The van der Waals surface area contributed by atoms with Gasteiger partial charge in [0.05, 0.1) is 0 Å². The van der Waals surface area contributed by atoms with Crippen LogP contribution in [0.3, 0.4) is 0 Å². The molecule has 1 amide bonds. The van der Waals surface area contributed by atoms with Crippen LogP contribution in [0.1, 0.15) is 10.5 Å². The van der Waals surface area contributed by atoms with Crippen molar-refractivity contribution in [1.82, 2.24) is 14.7 Å². The van der Waals surface area contributed by atoms with Crippen molar-refractivity contribution in [3.05, 3.63) is 65.6 Å². The lowest BCUT2D eigenvalue weighted by molar-refractivity contribution is 0.0950. The summed E-state index contributed by atoms with van der Waals surface area (Å²) in [5.74, 6) is 0.702. The second kappa shape index (κ2) is 6.85. The van der Waals surface area contributed by atoms with Crippen molar-refractivity contribution in [2.24, 2.45) is 0 Å². The highest BCUT2D eigenvalue weighted by atomic mass is 35.5. The van der Waals surface area contributed by atoms with Crippen molar-refractivity contribution in [2.75, 3.05) is 12.3 Å². The van der Waals surface area contributed by atoms with Gasteiger partial charge >= 0.3 is 0 Å². The van der Waals surface area contributed by atoms with E-state index >= 15 is 0 Å². The van der Waals surface area contributed by atoms with Crippen LogP contribution in [0, 0.1) is 0 Å². The molecule has 4 nitrogen and oxygen atoms in total. The summed E-state index contributed by atoms with van der Waals surface area (Å²) >= 11 is 7.53. The van der Waals surface area contributed by atoms with Gasteiger partial charge in [0, 0.05) is 34.6 Å². The molecule has 1 aromatic carbocycles. The van der Waals surface area contributed by atoms with Gasteiger partial charge in [0.15, 0.2) is 0 Å². The molecule has 0 unspecified atom stereocenters. The highest BCUT2D eigenvalue weighted by Crippen LogP contribution is 2.19. The molecular weight excluding hydrogens is 318 g/mol. The van der Waals surface area contributed by atoms with Crippen LogP contribution in [-0.4, -0.2) is 27.6 Å². The molecule has 0 spiro atoms. The number of aromatic nitrogens is 2. The van der Waals surface area contributed by atoms with Crippen LogP contribution in [0.4, 0.5) is 0 Å². The van der Waals surface area contributed by atoms with E-state index in [1.54, 1.807) is 34.6 Å². The fourth-order valence-electron chi connectivity index (χ4n) is 2.09. The average molecular weight is 332 g/mol. The van der Waals surface area contributed by atoms with Crippen LogP contribution in [0.5, 0.6) is 0 Å². The number of thioether (sulfide) groups is 1. The molecule has 2 heterocycles. The molecule has 112 valence electrons. The smallest absolute Gasteiger partial charge is 0.268 e. The summed E-state index contributed by atoms with van der Waals surface area (Å²) in [5, 5.41) is 3.66. The quantitative estimate of drug-likeness (QED) is 0.575. The average Bonchev–Trinajstić information content (AvgIpc) is 3.01. The van der Waals surface area contributed by atoms with E-state index in [0.29, 0.717) is 12.2 Å². The number of amides is 1. The number of halogens is 1. The Bertz CT molecular complexity index is 785. The molecule has 3 rings (SSSR count). The van der Waals surface area contributed by atoms with Crippen LogP contribution in [-0.2, 0) is 0 Å². The number of benzene rings is 1. The van der Waals surface area contributed by atoms with Crippen molar-refractivity contribution in [3.8, 4) is 0 Å². The minimum atomic E-state index is -0.0969. The van der Waals surface area contributed by atoms with Gasteiger partial charge in [-0.1, -0.05) is 17.7 Å². The van der Waals surface area contributed by atoms with Gasteiger partial charge in [-0.15, -0.1) is 11.8 Å². The van der Waals surface area contributed by atoms with Crippen LogP contribution < -0.4 is 5.32 Å². The highest BCUT2D eigenvalue weighted by molar-refractivity contribution is 7.99. The van der Waals surface area contributed by atoms with E-state index in [-0.39, 0.29) is 5.91 Å². The van der Waals surface area contributed by atoms with E-state index in [2.05, 4.69) is 10.3 Å². The first-order chi connectivity index (χ1) is 10.7. The fraction of sp³-hybridized carbons (Fsp3) is 0.125. The van der Waals surface area contributed by atoms with Gasteiger partial charge in [-0.05, 0) is 36.4 Å². The van der Waals surface area contributed by atoms with E-state index in [1.165, 1.54) is 0 Å². The zero-order valence-electron chi connectivity index (χ0n) is 11.7. The predicted octanol–water partition coefficient (Wildman–Crippen LogP) is 3.51. The topological polar surface area (TPSA) is 46.4 Å².